The van der Waals surface area contributed by atoms with Crippen molar-refractivity contribution in [1.29, 1.82) is 5.26 Å². The molecular weight excluding hydrogens is 332 g/mol. The van der Waals surface area contributed by atoms with Crippen molar-refractivity contribution in [3.8, 4) is 6.07 Å². The molecule has 1 amide bonds. The first-order valence-corrected chi connectivity index (χ1v) is 7.87. The summed E-state index contributed by atoms with van der Waals surface area (Å²) >= 11 is 3.36. The third-order valence-electron chi connectivity index (χ3n) is 2.98. The zero-order valence-electron chi connectivity index (χ0n) is 12.7. The summed E-state index contributed by atoms with van der Waals surface area (Å²) in [6, 6.07) is 3.89. The van der Waals surface area contributed by atoms with Crippen molar-refractivity contribution >= 4 is 27.7 Å². The average molecular weight is 353 g/mol. The number of amides is 1. The lowest BCUT2D eigenvalue weighted by Gasteiger charge is -2.26. The van der Waals surface area contributed by atoms with Crippen LogP contribution in [0.25, 0.3) is 0 Å². The number of pyridine rings is 1. The highest BCUT2D eigenvalue weighted by Crippen LogP contribution is 2.21. The van der Waals surface area contributed by atoms with Crippen LogP contribution in [0.5, 0.6) is 0 Å². The van der Waals surface area contributed by atoms with Crippen LogP contribution < -0.4 is 5.32 Å². The fourth-order valence-electron chi connectivity index (χ4n) is 1.91. The Labute approximate surface area is 134 Å². The van der Waals surface area contributed by atoms with Crippen molar-refractivity contribution in [2.45, 2.75) is 39.7 Å². The third kappa shape index (κ3) is 5.01. The van der Waals surface area contributed by atoms with Gasteiger partial charge in [-0.05, 0) is 42.3 Å². The number of carbonyl (C=O) groups is 1. The van der Waals surface area contributed by atoms with E-state index in [0.29, 0.717) is 24.3 Å². The van der Waals surface area contributed by atoms with Gasteiger partial charge in [0.05, 0.1) is 18.1 Å². The Hall–Kier alpha value is -1.61. The molecule has 0 atom stereocenters. The Balaban J connectivity index is 3.07. The second-order valence-corrected chi connectivity index (χ2v) is 5.89. The summed E-state index contributed by atoms with van der Waals surface area (Å²) in [5, 5.41) is 11.9. The van der Waals surface area contributed by atoms with Gasteiger partial charge in [-0.2, -0.15) is 5.26 Å². The molecule has 21 heavy (non-hydrogen) atoms. The van der Waals surface area contributed by atoms with Crippen LogP contribution in [-0.4, -0.2) is 34.9 Å². The molecule has 0 aromatic carbocycles. The van der Waals surface area contributed by atoms with Gasteiger partial charge < -0.3 is 10.2 Å². The molecule has 0 aliphatic heterocycles. The molecule has 0 aliphatic carbocycles. The Morgan fingerprint density at radius 2 is 2.29 bits per heavy atom. The standard InChI is InChI=1S/C15H21BrN4O/c1-4-7-18-14-13(9-12(16)10-19-14)15(21)20(11(2)3)8-5-6-17/h9-11H,4-5,7-8H2,1-3H3,(H,18,19). The Kier molecular flexibility index (Phi) is 7.17. The number of hydrogen-bond donors (Lipinski definition) is 1. The lowest BCUT2D eigenvalue weighted by atomic mass is 10.2. The predicted molar refractivity (Wildman–Crippen MR) is 87.1 cm³/mol. The van der Waals surface area contributed by atoms with Gasteiger partial charge in [0.2, 0.25) is 0 Å². The molecule has 0 unspecified atom stereocenters. The van der Waals surface area contributed by atoms with Crippen molar-refractivity contribution in [3.63, 3.8) is 0 Å². The van der Waals surface area contributed by atoms with Gasteiger partial charge in [0.25, 0.3) is 5.91 Å². The molecule has 0 fully saturated rings. The molecule has 1 rings (SSSR count). The van der Waals surface area contributed by atoms with Crippen LogP contribution in [0.4, 0.5) is 5.82 Å². The molecule has 1 aromatic rings. The van der Waals surface area contributed by atoms with Gasteiger partial charge in [0.15, 0.2) is 0 Å². The van der Waals surface area contributed by atoms with Gasteiger partial charge in [-0.1, -0.05) is 6.92 Å². The number of nitrogens with zero attached hydrogens (tertiary/aromatic N) is 3. The molecule has 0 spiro atoms. The normalized spacial score (nSPS) is 10.3. The van der Waals surface area contributed by atoms with E-state index in [1.54, 1.807) is 17.2 Å². The summed E-state index contributed by atoms with van der Waals surface area (Å²) in [6.45, 7) is 7.13. The topological polar surface area (TPSA) is 69.0 Å². The average Bonchev–Trinajstić information content (AvgIpc) is 2.45. The number of anilines is 1. The summed E-state index contributed by atoms with van der Waals surface area (Å²) in [5.41, 5.74) is 0.532. The molecular formula is C15H21BrN4O. The van der Waals surface area contributed by atoms with Crippen molar-refractivity contribution in [1.82, 2.24) is 9.88 Å². The fourth-order valence-corrected chi connectivity index (χ4v) is 2.24. The molecule has 6 heteroatoms. The highest BCUT2D eigenvalue weighted by atomic mass is 79.9. The SMILES string of the molecule is CCCNc1ncc(Br)cc1C(=O)N(CCC#N)C(C)C. The third-order valence-corrected chi connectivity index (χ3v) is 3.41. The first-order chi connectivity index (χ1) is 10.0. The zero-order valence-corrected chi connectivity index (χ0v) is 14.3. The molecule has 114 valence electrons. The van der Waals surface area contributed by atoms with E-state index in [4.69, 9.17) is 5.26 Å². The molecule has 1 N–H and O–H groups in total. The number of carbonyl (C=O) groups excluding carboxylic acids is 1. The van der Waals surface area contributed by atoms with Crippen LogP contribution >= 0.6 is 15.9 Å². The predicted octanol–water partition coefficient (Wildman–Crippen LogP) is 3.43. The Morgan fingerprint density at radius 1 is 1.57 bits per heavy atom. The summed E-state index contributed by atoms with van der Waals surface area (Å²) in [7, 11) is 0. The minimum Gasteiger partial charge on any atom is -0.369 e. The lowest BCUT2D eigenvalue weighted by molar-refractivity contribution is 0.0711. The van der Waals surface area contributed by atoms with E-state index in [-0.39, 0.29) is 11.9 Å². The van der Waals surface area contributed by atoms with E-state index >= 15 is 0 Å². The maximum atomic E-state index is 12.7. The van der Waals surface area contributed by atoms with Crippen molar-refractivity contribution in [2.75, 3.05) is 18.4 Å². The van der Waals surface area contributed by atoms with Gasteiger partial charge in [0, 0.05) is 29.8 Å². The lowest BCUT2D eigenvalue weighted by Crippen LogP contribution is -2.38. The Morgan fingerprint density at radius 3 is 2.86 bits per heavy atom. The molecule has 0 saturated carbocycles. The molecule has 0 saturated heterocycles. The summed E-state index contributed by atoms with van der Waals surface area (Å²) in [6.07, 6.45) is 2.94. The minimum absolute atomic E-state index is 0.0313. The highest BCUT2D eigenvalue weighted by Gasteiger charge is 2.22. The number of hydrogen-bond acceptors (Lipinski definition) is 4. The van der Waals surface area contributed by atoms with Gasteiger partial charge in [0.1, 0.15) is 5.82 Å². The van der Waals surface area contributed by atoms with E-state index in [1.807, 2.05) is 13.8 Å². The van der Waals surface area contributed by atoms with Gasteiger partial charge in [-0.25, -0.2) is 4.98 Å². The molecule has 0 bridgehead atoms. The molecule has 1 heterocycles. The van der Waals surface area contributed by atoms with Crippen molar-refractivity contribution in [2.24, 2.45) is 0 Å². The van der Waals surface area contributed by atoms with Crippen LogP contribution in [0.15, 0.2) is 16.7 Å². The number of aromatic nitrogens is 1. The van der Waals surface area contributed by atoms with E-state index in [9.17, 15) is 4.79 Å². The zero-order chi connectivity index (χ0) is 15.8. The van der Waals surface area contributed by atoms with E-state index in [2.05, 4.69) is 39.2 Å². The molecule has 0 radical (unpaired) electrons. The van der Waals surface area contributed by atoms with Crippen LogP contribution in [0.3, 0.4) is 0 Å². The van der Waals surface area contributed by atoms with Crippen LogP contribution in [0, 0.1) is 11.3 Å². The first kappa shape index (κ1) is 17.4. The second kappa shape index (κ2) is 8.63. The Bertz CT molecular complexity index is 525. The van der Waals surface area contributed by atoms with Crippen LogP contribution in [-0.2, 0) is 0 Å². The summed E-state index contributed by atoms with van der Waals surface area (Å²) in [5.74, 6) is 0.486. The van der Waals surface area contributed by atoms with Crippen LogP contribution in [0.1, 0.15) is 44.0 Å². The van der Waals surface area contributed by atoms with E-state index in [0.717, 1.165) is 17.4 Å². The quantitative estimate of drug-likeness (QED) is 0.815. The summed E-state index contributed by atoms with van der Waals surface area (Å²) in [4.78, 5) is 18.7. The van der Waals surface area contributed by atoms with Gasteiger partial charge in [-0.3, -0.25) is 4.79 Å². The smallest absolute Gasteiger partial charge is 0.257 e. The molecule has 5 nitrogen and oxygen atoms in total. The monoisotopic (exact) mass is 352 g/mol. The number of nitrogens with one attached hydrogen (secondary N) is 1. The minimum atomic E-state index is -0.104. The molecule has 1 aromatic heterocycles. The van der Waals surface area contributed by atoms with Crippen molar-refractivity contribution in [3.05, 3.63) is 22.3 Å². The maximum Gasteiger partial charge on any atom is 0.257 e. The van der Waals surface area contributed by atoms with E-state index in [1.165, 1.54) is 0 Å². The highest BCUT2D eigenvalue weighted by molar-refractivity contribution is 9.10. The number of halogens is 1. The first-order valence-electron chi connectivity index (χ1n) is 7.08. The van der Waals surface area contributed by atoms with E-state index < -0.39 is 0 Å². The largest absolute Gasteiger partial charge is 0.369 e. The van der Waals surface area contributed by atoms with Crippen LogP contribution in [0.2, 0.25) is 0 Å². The molecule has 0 aliphatic rings. The van der Waals surface area contributed by atoms with Crippen molar-refractivity contribution < 1.29 is 4.79 Å². The van der Waals surface area contributed by atoms with Gasteiger partial charge >= 0.3 is 0 Å². The maximum absolute atomic E-state index is 12.7. The second-order valence-electron chi connectivity index (χ2n) is 4.98. The number of rotatable bonds is 7. The number of nitriles is 1. The van der Waals surface area contributed by atoms with Gasteiger partial charge in [-0.15, -0.1) is 0 Å². The summed E-state index contributed by atoms with van der Waals surface area (Å²) < 4.78 is 0.761. The fraction of sp³-hybridized carbons (Fsp3) is 0.533.